The zero-order valence-corrected chi connectivity index (χ0v) is 9.55. The summed E-state index contributed by atoms with van der Waals surface area (Å²) in [7, 11) is 0. The molecule has 2 heterocycles. The summed E-state index contributed by atoms with van der Waals surface area (Å²) in [5, 5.41) is 22.0. The number of rotatable bonds is 3. The molecular weight excluding hydrogens is 230 g/mol. The third-order valence-electron chi connectivity index (χ3n) is 2.80. The normalized spacial score (nSPS) is 40.7. The Kier molecular flexibility index (Phi) is 3.26. The fourth-order valence-corrected chi connectivity index (χ4v) is 2.13. The van der Waals surface area contributed by atoms with Crippen molar-refractivity contribution in [2.24, 2.45) is 5.11 Å². The van der Waals surface area contributed by atoms with Crippen molar-refractivity contribution < 1.29 is 24.4 Å². The molecule has 2 aliphatic heterocycles. The third-order valence-corrected chi connectivity index (χ3v) is 2.80. The van der Waals surface area contributed by atoms with Crippen LogP contribution in [0.4, 0.5) is 0 Å². The maximum absolute atomic E-state index is 9.57. The second kappa shape index (κ2) is 4.41. The Morgan fingerprint density at radius 2 is 2.18 bits per heavy atom. The van der Waals surface area contributed by atoms with E-state index in [2.05, 4.69) is 10.0 Å². The molecule has 2 fully saturated rings. The maximum Gasteiger partial charge on any atom is 0.188 e. The van der Waals surface area contributed by atoms with Crippen LogP contribution in [0.3, 0.4) is 0 Å². The van der Waals surface area contributed by atoms with Gasteiger partial charge in [0.2, 0.25) is 0 Å². The Hall–Kier alpha value is -0.890. The Balaban J connectivity index is 2.18. The van der Waals surface area contributed by atoms with Crippen molar-refractivity contribution in [2.75, 3.05) is 6.61 Å². The standard InChI is InChI=1S/C9H15N3O5/c1-9(2)16-7-5(11-12-10)6(4(14)3-13)15-8(7)17-9/h4-8,13-14H,3H2,1-2H3/t4-,5+,6?,7-,8-/m1/s1. The average Bonchev–Trinajstić information content (AvgIpc) is 2.72. The van der Waals surface area contributed by atoms with E-state index in [4.69, 9.17) is 24.8 Å². The molecular formula is C9H15N3O5. The molecule has 2 N–H and O–H groups in total. The highest BCUT2D eigenvalue weighted by atomic mass is 16.8. The van der Waals surface area contributed by atoms with Gasteiger partial charge in [0.1, 0.15) is 18.3 Å². The molecule has 0 amide bonds. The SMILES string of the molecule is CC1(C)O[C@H]2OC([C@H](O)CO)[C@H](N=[N+]=[N-])[C@H]2O1. The molecule has 0 aromatic heterocycles. The van der Waals surface area contributed by atoms with Crippen LogP contribution in [0.25, 0.3) is 10.4 Å². The van der Waals surface area contributed by atoms with Gasteiger partial charge in [-0.2, -0.15) is 0 Å². The highest BCUT2D eigenvalue weighted by molar-refractivity contribution is 5.00. The Bertz CT molecular complexity index is 344. The quantitative estimate of drug-likeness (QED) is 0.409. The van der Waals surface area contributed by atoms with Crippen LogP contribution in [0, 0.1) is 0 Å². The molecule has 2 rings (SSSR count). The molecule has 0 aromatic carbocycles. The van der Waals surface area contributed by atoms with Gasteiger partial charge < -0.3 is 24.4 Å². The molecule has 1 unspecified atom stereocenters. The van der Waals surface area contributed by atoms with E-state index in [0.717, 1.165) is 0 Å². The number of azide groups is 1. The van der Waals surface area contributed by atoms with Crippen LogP contribution in [0.15, 0.2) is 5.11 Å². The summed E-state index contributed by atoms with van der Waals surface area (Å²) < 4.78 is 16.4. The molecule has 0 bridgehead atoms. The van der Waals surface area contributed by atoms with Gasteiger partial charge in [-0.1, -0.05) is 5.11 Å². The lowest BCUT2D eigenvalue weighted by Gasteiger charge is -2.25. The van der Waals surface area contributed by atoms with Crippen molar-refractivity contribution in [1.29, 1.82) is 0 Å². The van der Waals surface area contributed by atoms with Gasteiger partial charge in [0.05, 0.1) is 12.6 Å². The van der Waals surface area contributed by atoms with Crippen molar-refractivity contribution >= 4 is 0 Å². The largest absolute Gasteiger partial charge is 0.394 e. The number of aliphatic hydroxyl groups excluding tert-OH is 2. The smallest absolute Gasteiger partial charge is 0.188 e. The highest BCUT2D eigenvalue weighted by Gasteiger charge is 2.55. The average molecular weight is 245 g/mol. The lowest BCUT2D eigenvalue weighted by molar-refractivity contribution is -0.217. The van der Waals surface area contributed by atoms with Gasteiger partial charge in [0.15, 0.2) is 12.1 Å². The summed E-state index contributed by atoms with van der Waals surface area (Å²) in [5.74, 6) is -0.812. The minimum absolute atomic E-state index is 0.481. The lowest BCUT2D eigenvalue weighted by Crippen LogP contribution is -2.41. The van der Waals surface area contributed by atoms with Crippen molar-refractivity contribution in [2.45, 2.75) is 50.3 Å². The van der Waals surface area contributed by atoms with E-state index < -0.39 is 43.0 Å². The van der Waals surface area contributed by atoms with E-state index in [1.54, 1.807) is 13.8 Å². The van der Waals surface area contributed by atoms with Crippen molar-refractivity contribution in [3.63, 3.8) is 0 Å². The Morgan fingerprint density at radius 1 is 1.47 bits per heavy atom. The summed E-state index contributed by atoms with van der Waals surface area (Å²) in [6.45, 7) is 2.96. The summed E-state index contributed by atoms with van der Waals surface area (Å²) >= 11 is 0. The van der Waals surface area contributed by atoms with Crippen molar-refractivity contribution in [3.8, 4) is 0 Å². The monoisotopic (exact) mass is 245 g/mol. The second-order valence-electron chi connectivity index (χ2n) is 4.51. The minimum Gasteiger partial charge on any atom is -0.394 e. The Morgan fingerprint density at radius 3 is 2.76 bits per heavy atom. The van der Waals surface area contributed by atoms with Crippen LogP contribution in [0.2, 0.25) is 0 Å². The molecule has 8 heteroatoms. The molecule has 8 nitrogen and oxygen atoms in total. The van der Waals surface area contributed by atoms with Crippen LogP contribution in [-0.2, 0) is 14.2 Å². The summed E-state index contributed by atoms with van der Waals surface area (Å²) in [6, 6.07) is -0.714. The van der Waals surface area contributed by atoms with Crippen LogP contribution >= 0.6 is 0 Å². The predicted molar refractivity (Wildman–Crippen MR) is 54.7 cm³/mol. The first-order valence-electron chi connectivity index (χ1n) is 5.33. The molecule has 0 aromatic rings. The predicted octanol–water partition coefficient (Wildman–Crippen LogP) is -0.105. The Labute approximate surface area is 97.7 Å². The van der Waals surface area contributed by atoms with Crippen LogP contribution in [-0.4, -0.2) is 53.3 Å². The molecule has 0 saturated carbocycles. The van der Waals surface area contributed by atoms with Crippen molar-refractivity contribution in [3.05, 3.63) is 10.4 Å². The summed E-state index contributed by atoms with van der Waals surface area (Å²) in [4.78, 5) is 2.71. The minimum atomic E-state index is -1.13. The molecule has 96 valence electrons. The number of hydrogen-bond acceptors (Lipinski definition) is 6. The lowest BCUT2D eigenvalue weighted by atomic mass is 10.0. The molecule has 2 saturated heterocycles. The first kappa shape index (κ1) is 12.6. The first-order chi connectivity index (χ1) is 7.98. The van der Waals surface area contributed by atoms with E-state index in [1.807, 2.05) is 0 Å². The molecule has 0 spiro atoms. The molecule has 0 aliphatic carbocycles. The first-order valence-corrected chi connectivity index (χ1v) is 5.33. The number of hydrogen-bond donors (Lipinski definition) is 2. The fourth-order valence-electron chi connectivity index (χ4n) is 2.13. The summed E-state index contributed by atoms with van der Waals surface area (Å²) in [5.41, 5.74) is 8.51. The van der Waals surface area contributed by atoms with Gasteiger partial charge in [-0.15, -0.1) is 0 Å². The zero-order valence-electron chi connectivity index (χ0n) is 9.55. The number of fused-ring (bicyclic) bond motifs is 1. The topological polar surface area (TPSA) is 117 Å². The fraction of sp³-hybridized carbons (Fsp3) is 1.00. The summed E-state index contributed by atoms with van der Waals surface area (Å²) in [6.07, 6.45) is -3.20. The number of ether oxygens (including phenoxy) is 3. The van der Waals surface area contributed by atoms with Gasteiger partial charge in [-0.05, 0) is 19.4 Å². The number of aliphatic hydroxyl groups is 2. The molecule has 0 radical (unpaired) electrons. The van der Waals surface area contributed by atoms with E-state index in [9.17, 15) is 5.11 Å². The van der Waals surface area contributed by atoms with Gasteiger partial charge in [0, 0.05) is 4.91 Å². The van der Waals surface area contributed by atoms with Crippen LogP contribution in [0.1, 0.15) is 13.8 Å². The maximum atomic E-state index is 9.57. The van der Waals surface area contributed by atoms with Crippen LogP contribution in [0.5, 0.6) is 0 Å². The van der Waals surface area contributed by atoms with Gasteiger partial charge in [-0.25, -0.2) is 0 Å². The molecule has 17 heavy (non-hydrogen) atoms. The molecule has 5 atom stereocenters. The van der Waals surface area contributed by atoms with E-state index in [0.29, 0.717) is 0 Å². The van der Waals surface area contributed by atoms with E-state index in [1.165, 1.54) is 0 Å². The van der Waals surface area contributed by atoms with E-state index in [-0.39, 0.29) is 0 Å². The number of nitrogens with zero attached hydrogens (tertiary/aromatic N) is 3. The zero-order chi connectivity index (χ0) is 12.6. The van der Waals surface area contributed by atoms with Gasteiger partial charge in [-0.3, -0.25) is 0 Å². The van der Waals surface area contributed by atoms with Crippen LogP contribution < -0.4 is 0 Å². The highest BCUT2D eigenvalue weighted by Crippen LogP contribution is 2.39. The third kappa shape index (κ3) is 2.23. The van der Waals surface area contributed by atoms with E-state index >= 15 is 0 Å². The van der Waals surface area contributed by atoms with Gasteiger partial charge in [0.25, 0.3) is 0 Å². The van der Waals surface area contributed by atoms with Crippen molar-refractivity contribution in [1.82, 2.24) is 0 Å². The molecule has 2 aliphatic rings. The van der Waals surface area contributed by atoms with Gasteiger partial charge >= 0.3 is 0 Å². The second-order valence-corrected chi connectivity index (χ2v) is 4.51.